The first-order chi connectivity index (χ1) is 20.3. The summed E-state index contributed by atoms with van der Waals surface area (Å²) in [4.78, 5) is 55.7. The van der Waals surface area contributed by atoms with E-state index in [1.807, 2.05) is 19.9 Å². The molecule has 0 bridgehead atoms. The lowest BCUT2D eigenvalue weighted by atomic mass is 9.85. The third-order valence-corrected chi connectivity index (χ3v) is 7.52. The van der Waals surface area contributed by atoms with Crippen molar-refractivity contribution in [2.24, 2.45) is 5.92 Å². The number of alkyl carbamates (subject to hydrolysis) is 1. The van der Waals surface area contributed by atoms with Gasteiger partial charge in [0.2, 0.25) is 3.79 Å². The van der Waals surface area contributed by atoms with Gasteiger partial charge < -0.3 is 24.6 Å². The molecular formula is C29H32Cl3N3O8. The van der Waals surface area contributed by atoms with Crippen LogP contribution in [0, 0.1) is 5.92 Å². The fraction of sp³-hybridized carbons (Fsp3) is 0.448. The summed E-state index contributed by atoms with van der Waals surface area (Å²) in [5, 5.41) is 14.8. The minimum atomic E-state index is -2.06. The summed E-state index contributed by atoms with van der Waals surface area (Å²) in [7, 11) is 1.10. The molecule has 0 unspecified atom stereocenters. The van der Waals surface area contributed by atoms with Crippen LogP contribution in [0.3, 0.4) is 0 Å². The number of hydrogen-bond acceptors (Lipinski definition) is 8. The summed E-state index contributed by atoms with van der Waals surface area (Å²) in [6.45, 7) is 3.13. The van der Waals surface area contributed by atoms with Gasteiger partial charge in [-0.05, 0) is 24.0 Å². The SMILES string of the molecule is COC(=O)[C@@H](C[C@]1(O)c2ccccc2N2C(=O)[C@H](CC(C)C)N(C(=O)OCc3ccccc3)[C@@H]21)NC(=O)OCC(Cl)(Cl)Cl. The maximum Gasteiger partial charge on any atom is 0.412 e. The van der Waals surface area contributed by atoms with Crippen molar-refractivity contribution in [2.45, 2.75) is 60.9 Å². The van der Waals surface area contributed by atoms with Gasteiger partial charge >= 0.3 is 18.2 Å². The summed E-state index contributed by atoms with van der Waals surface area (Å²) in [5.74, 6) is -1.33. The molecule has 2 aromatic carbocycles. The van der Waals surface area contributed by atoms with Crippen LogP contribution < -0.4 is 10.2 Å². The van der Waals surface area contributed by atoms with E-state index in [4.69, 9.17) is 49.0 Å². The highest BCUT2D eigenvalue weighted by Crippen LogP contribution is 2.52. The number of amides is 3. The Morgan fingerprint density at radius 1 is 1.05 bits per heavy atom. The number of carbonyl (C=O) groups excluding carboxylic acids is 4. The lowest BCUT2D eigenvalue weighted by Crippen LogP contribution is -2.57. The summed E-state index contributed by atoms with van der Waals surface area (Å²) < 4.78 is 13.5. The van der Waals surface area contributed by atoms with E-state index in [0.717, 1.165) is 12.7 Å². The van der Waals surface area contributed by atoms with Crippen LogP contribution in [0.4, 0.5) is 15.3 Å². The van der Waals surface area contributed by atoms with Crippen molar-refractivity contribution in [1.29, 1.82) is 0 Å². The number of anilines is 1. The van der Waals surface area contributed by atoms with Crippen LogP contribution >= 0.6 is 34.8 Å². The van der Waals surface area contributed by atoms with Crippen LogP contribution in [-0.2, 0) is 36.0 Å². The molecule has 14 heteroatoms. The number of rotatable bonds is 9. The predicted molar refractivity (Wildman–Crippen MR) is 159 cm³/mol. The fourth-order valence-corrected chi connectivity index (χ4v) is 5.62. The Labute approximate surface area is 263 Å². The van der Waals surface area contributed by atoms with E-state index in [0.29, 0.717) is 5.69 Å². The van der Waals surface area contributed by atoms with Crippen LogP contribution in [0.25, 0.3) is 0 Å². The van der Waals surface area contributed by atoms with Crippen LogP contribution in [0.2, 0.25) is 0 Å². The molecule has 0 aliphatic carbocycles. The number of hydrogen-bond donors (Lipinski definition) is 2. The van der Waals surface area contributed by atoms with E-state index in [9.17, 15) is 24.3 Å². The largest absolute Gasteiger partial charge is 0.467 e. The van der Waals surface area contributed by atoms with E-state index in [2.05, 4.69) is 5.32 Å². The maximum atomic E-state index is 13.9. The third kappa shape index (κ3) is 7.12. The van der Waals surface area contributed by atoms with Crippen molar-refractivity contribution in [2.75, 3.05) is 18.6 Å². The molecular weight excluding hydrogens is 625 g/mol. The van der Waals surface area contributed by atoms with Crippen LogP contribution in [0.1, 0.15) is 37.8 Å². The fourth-order valence-electron chi connectivity index (χ4n) is 5.45. The van der Waals surface area contributed by atoms with Gasteiger partial charge in [-0.25, -0.2) is 14.4 Å². The van der Waals surface area contributed by atoms with Gasteiger partial charge in [-0.3, -0.25) is 14.6 Å². The third-order valence-electron chi connectivity index (χ3n) is 7.19. The zero-order chi connectivity index (χ0) is 31.5. The predicted octanol–water partition coefficient (Wildman–Crippen LogP) is 4.64. The molecule has 1 fully saturated rings. The van der Waals surface area contributed by atoms with Crippen molar-refractivity contribution in [3.63, 3.8) is 0 Å². The molecule has 4 rings (SSSR count). The Kier molecular flexibility index (Phi) is 10.0. The molecule has 11 nitrogen and oxygen atoms in total. The summed E-state index contributed by atoms with van der Waals surface area (Å²) in [6.07, 6.45) is -3.48. The maximum absolute atomic E-state index is 13.9. The van der Waals surface area contributed by atoms with Crippen LogP contribution in [0.15, 0.2) is 54.6 Å². The van der Waals surface area contributed by atoms with Crippen molar-refractivity contribution in [3.8, 4) is 0 Å². The standard InChI is InChI=1S/C29H32Cl3N3O8/c1-17(2)13-22-23(36)34-21-12-8-7-11-19(21)28(40,14-20(24(37)41-3)33-26(38)43-16-29(30,31)32)25(34)35(22)27(39)42-15-18-9-5-4-6-10-18/h4-12,17,20,22,25,40H,13-16H2,1-3H3,(H,33,38)/t20-,22+,25-,28+/m1/s1. The topological polar surface area (TPSA) is 135 Å². The summed E-state index contributed by atoms with van der Waals surface area (Å²) in [6, 6.07) is 13.1. The highest BCUT2D eigenvalue weighted by molar-refractivity contribution is 6.67. The van der Waals surface area contributed by atoms with E-state index in [-0.39, 0.29) is 24.5 Å². The Morgan fingerprint density at radius 3 is 2.33 bits per heavy atom. The van der Waals surface area contributed by atoms with Crippen LogP contribution in [-0.4, -0.2) is 69.8 Å². The Balaban J connectivity index is 1.72. The number of nitrogens with zero attached hydrogens (tertiary/aromatic N) is 2. The second-order valence-corrected chi connectivity index (χ2v) is 13.2. The molecule has 2 aromatic rings. The average Bonchev–Trinajstić information content (AvgIpc) is 3.39. The zero-order valence-electron chi connectivity index (χ0n) is 23.7. The zero-order valence-corrected chi connectivity index (χ0v) is 25.9. The number of aliphatic hydroxyl groups is 1. The number of methoxy groups -OCH3 is 1. The normalized spacial score (nSPS) is 21.7. The van der Waals surface area contributed by atoms with Crippen molar-refractivity contribution in [3.05, 3.63) is 65.7 Å². The number of halogens is 3. The number of carbonyl (C=O) groups is 4. The first-order valence-electron chi connectivity index (χ1n) is 13.5. The number of para-hydroxylation sites is 1. The molecule has 3 amide bonds. The number of esters is 1. The number of ether oxygens (including phenoxy) is 3. The molecule has 232 valence electrons. The molecule has 43 heavy (non-hydrogen) atoms. The van der Waals surface area contributed by atoms with Gasteiger partial charge in [0, 0.05) is 12.0 Å². The highest BCUT2D eigenvalue weighted by atomic mass is 35.6. The minimum absolute atomic E-state index is 0.00101. The van der Waals surface area contributed by atoms with E-state index < -0.39 is 64.7 Å². The van der Waals surface area contributed by atoms with Gasteiger partial charge in [-0.2, -0.15) is 0 Å². The average molecular weight is 657 g/mol. The molecule has 2 aliphatic rings. The Hall–Kier alpha value is -3.25. The van der Waals surface area contributed by atoms with E-state index >= 15 is 0 Å². The number of benzene rings is 2. The monoisotopic (exact) mass is 655 g/mol. The number of alkyl halides is 3. The molecule has 2 aliphatic heterocycles. The van der Waals surface area contributed by atoms with Gasteiger partial charge in [0.1, 0.15) is 37.1 Å². The number of fused-ring (bicyclic) bond motifs is 3. The van der Waals surface area contributed by atoms with Crippen molar-refractivity contribution < 1.29 is 38.5 Å². The van der Waals surface area contributed by atoms with Crippen LogP contribution in [0.5, 0.6) is 0 Å². The number of nitrogens with one attached hydrogen (secondary N) is 1. The smallest absolute Gasteiger partial charge is 0.412 e. The summed E-state index contributed by atoms with van der Waals surface area (Å²) in [5.41, 5.74) is -0.713. The lowest BCUT2D eigenvalue weighted by molar-refractivity contribution is -0.146. The molecule has 0 radical (unpaired) electrons. The minimum Gasteiger partial charge on any atom is -0.467 e. The second-order valence-electron chi connectivity index (χ2n) is 10.7. The first kappa shape index (κ1) is 32.7. The molecule has 2 heterocycles. The molecule has 4 atom stereocenters. The summed E-state index contributed by atoms with van der Waals surface area (Å²) >= 11 is 17.0. The van der Waals surface area contributed by atoms with E-state index in [1.165, 1.54) is 9.80 Å². The molecule has 2 N–H and O–H groups in total. The van der Waals surface area contributed by atoms with E-state index in [1.54, 1.807) is 48.5 Å². The lowest BCUT2D eigenvalue weighted by Gasteiger charge is -2.38. The first-order valence-corrected chi connectivity index (χ1v) is 14.6. The van der Waals surface area contributed by atoms with Gasteiger partial charge in [-0.15, -0.1) is 0 Å². The second kappa shape index (κ2) is 13.2. The molecule has 1 saturated heterocycles. The Morgan fingerprint density at radius 2 is 1.70 bits per heavy atom. The van der Waals surface area contributed by atoms with Gasteiger partial charge in [-0.1, -0.05) is 97.2 Å². The van der Waals surface area contributed by atoms with Gasteiger partial charge in [0.15, 0.2) is 0 Å². The quantitative estimate of drug-likeness (QED) is 0.227. The highest BCUT2D eigenvalue weighted by Gasteiger charge is 2.64. The van der Waals surface area contributed by atoms with Crippen molar-refractivity contribution >= 4 is 64.6 Å². The Bertz CT molecular complexity index is 1360. The van der Waals surface area contributed by atoms with Crippen molar-refractivity contribution in [1.82, 2.24) is 10.2 Å². The molecule has 0 aromatic heterocycles. The molecule has 0 saturated carbocycles. The molecule has 0 spiro atoms. The van der Waals surface area contributed by atoms with Gasteiger partial charge in [0.25, 0.3) is 5.91 Å². The van der Waals surface area contributed by atoms with Gasteiger partial charge in [0.05, 0.1) is 12.8 Å².